The third kappa shape index (κ3) is 4.34. The van der Waals surface area contributed by atoms with Gasteiger partial charge in [0.15, 0.2) is 0 Å². The molecule has 0 spiro atoms. The second kappa shape index (κ2) is 8.09. The smallest absolute Gasteiger partial charge is 0.241 e. The lowest BCUT2D eigenvalue weighted by Gasteiger charge is -2.37. The Morgan fingerprint density at radius 1 is 1.42 bits per heavy atom. The molecule has 6 nitrogen and oxygen atoms in total. The third-order valence-electron chi connectivity index (χ3n) is 4.26. The van der Waals surface area contributed by atoms with E-state index >= 15 is 0 Å². The first kappa shape index (κ1) is 17.4. The number of nitrogens with two attached hydrogens (primary N) is 1. The Morgan fingerprint density at radius 3 is 2.83 bits per heavy atom. The number of piperidine rings is 1. The molecule has 0 aliphatic carbocycles. The Bertz CT molecular complexity index is 656. The molecule has 1 aliphatic rings. The van der Waals surface area contributed by atoms with Crippen LogP contribution in [0.15, 0.2) is 24.3 Å². The summed E-state index contributed by atoms with van der Waals surface area (Å²) in [6.45, 7) is 5.18. The summed E-state index contributed by atoms with van der Waals surface area (Å²) in [6.07, 6.45) is 2.22. The van der Waals surface area contributed by atoms with E-state index < -0.39 is 0 Å². The van der Waals surface area contributed by atoms with E-state index in [1.807, 2.05) is 30.1 Å². The number of hydrogen-bond acceptors (Lipinski definition) is 6. The van der Waals surface area contributed by atoms with Crippen LogP contribution in [-0.4, -0.2) is 45.2 Å². The highest BCUT2D eigenvalue weighted by Crippen LogP contribution is 2.27. The van der Waals surface area contributed by atoms with E-state index in [4.69, 9.17) is 17.3 Å². The SMILES string of the molecule is CCN(SCc1cccc(Cl)c1)C1CCN(c2nc(N)n[nH]2)CC1. The minimum absolute atomic E-state index is 0.305. The minimum Gasteiger partial charge on any atom is -0.366 e. The lowest BCUT2D eigenvalue weighted by Crippen LogP contribution is -2.42. The summed E-state index contributed by atoms with van der Waals surface area (Å²) in [5.74, 6) is 2.03. The van der Waals surface area contributed by atoms with Crippen molar-refractivity contribution in [2.75, 3.05) is 30.3 Å². The van der Waals surface area contributed by atoms with E-state index in [9.17, 15) is 0 Å². The first-order valence-corrected chi connectivity index (χ1v) is 9.54. The molecule has 3 rings (SSSR count). The van der Waals surface area contributed by atoms with Gasteiger partial charge in [0.05, 0.1) is 0 Å². The van der Waals surface area contributed by atoms with E-state index in [1.165, 1.54) is 5.56 Å². The van der Waals surface area contributed by atoms with Gasteiger partial charge in [-0.3, -0.25) is 0 Å². The number of H-pyrrole nitrogens is 1. The zero-order valence-electron chi connectivity index (χ0n) is 13.8. The Hall–Kier alpha value is -1.44. The summed E-state index contributed by atoms with van der Waals surface area (Å²) in [6, 6.07) is 8.67. The van der Waals surface area contributed by atoms with Gasteiger partial charge in [-0.2, -0.15) is 4.98 Å². The molecule has 1 aromatic carbocycles. The molecule has 8 heteroatoms. The van der Waals surface area contributed by atoms with Crippen LogP contribution in [0.5, 0.6) is 0 Å². The molecule has 0 unspecified atom stereocenters. The van der Waals surface area contributed by atoms with Crippen LogP contribution in [-0.2, 0) is 5.75 Å². The molecule has 1 fully saturated rings. The maximum Gasteiger partial charge on any atom is 0.241 e. The van der Waals surface area contributed by atoms with Gasteiger partial charge in [-0.15, -0.1) is 5.10 Å². The molecule has 2 aromatic rings. The van der Waals surface area contributed by atoms with E-state index in [0.29, 0.717) is 12.0 Å². The summed E-state index contributed by atoms with van der Waals surface area (Å²) >= 11 is 7.96. The van der Waals surface area contributed by atoms with E-state index in [1.54, 1.807) is 0 Å². The molecule has 1 aliphatic heterocycles. The average Bonchev–Trinajstić information content (AvgIpc) is 3.02. The van der Waals surface area contributed by atoms with Gasteiger partial charge >= 0.3 is 0 Å². The van der Waals surface area contributed by atoms with Gasteiger partial charge in [0.25, 0.3) is 0 Å². The molecule has 3 N–H and O–H groups in total. The van der Waals surface area contributed by atoms with Gasteiger partial charge in [0.2, 0.25) is 11.9 Å². The van der Waals surface area contributed by atoms with Crippen molar-refractivity contribution in [1.29, 1.82) is 0 Å². The van der Waals surface area contributed by atoms with E-state index in [0.717, 1.165) is 49.2 Å². The Kier molecular flexibility index (Phi) is 5.86. The summed E-state index contributed by atoms with van der Waals surface area (Å²) in [5, 5.41) is 7.60. The topological polar surface area (TPSA) is 74.1 Å². The number of benzene rings is 1. The van der Waals surface area contributed by atoms with Crippen LogP contribution in [0.2, 0.25) is 5.02 Å². The van der Waals surface area contributed by atoms with Gasteiger partial charge in [-0.25, -0.2) is 9.40 Å². The number of hydrogen-bond donors (Lipinski definition) is 2. The lowest BCUT2D eigenvalue weighted by atomic mass is 10.1. The third-order valence-corrected chi connectivity index (χ3v) is 5.85. The number of anilines is 2. The molecule has 0 amide bonds. The van der Waals surface area contributed by atoms with Crippen LogP contribution in [0.4, 0.5) is 11.9 Å². The van der Waals surface area contributed by atoms with Crippen molar-refractivity contribution in [2.45, 2.75) is 31.6 Å². The van der Waals surface area contributed by atoms with E-state index in [-0.39, 0.29) is 0 Å². The number of nitrogens with zero attached hydrogens (tertiary/aromatic N) is 4. The predicted molar refractivity (Wildman–Crippen MR) is 101 cm³/mol. The van der Waals surface area contributed by atoms with Crippen molar-refractivity contribution < 1.29 is 0 Å². The first-order chi connectivity index (χ1) is 11.7. The summed E-state index contributed by atoms with van der Waals surface area (Å²) in [4.78, 5) is 6.43. The summed E-state index contributed by atoms with van der Waals surface area (Å²) < 4.78 is 2.49. The second-order valence-electron chi connectivity index (χ2n) is 5.87. The van der Waals surface area contributed by atoms with Crippen LogP contribution in [0.1, 0.15) is 25.3 Å². The minimum atomic E-state index is 0.305. The van der Waals surface area contributed by atoms with Gasteiger partial charge in [0, 0.05) is 36.5 Å². The van der Waals surface area contributed by atoms with Crippen molar-refractivity contribution in [3.8, 4) is 0 Å². The lowest BCUT2D eigenvalue weighted by molar-refractivity contribution is 0.306. The summed E-state index contributed by atoms with van der Waals surface area (Å²) in [7, 11) is 0. The molecule has 1 aromatic heterocycles. The Labute approximate surface area is 151 Å². The molecular weight excluding hydrogens is 344 g/mol. The molecule has 130 valence electrons. The second-order valence-corrected chi connectivity index (χ2v) is 7.32. The molecule has 0 saturated carbocycles. The van der Waals surface area contributed by atoms with Crippen molar-refractivity contribution in [2.24, 2.45) is 0 Å². The highest BCUT2D eigenvalue weighted by molar-refractivity contribution is 7.96. The molecule has 1 saturated heterocycles. The summed E-state index contributed by atoms with van der Waals surface area (Å²) in [5.41, 5.74) is 6.85. The Balaban J connectivity index is 1.51. The highest BCUT2D eigenvalue weighted by Gasteiger charge is 2.25. The van der Waals surface area contributed by atoms with Gasteiger partial charge in [-0.1, -0.05) is 42.6 Å². The van der Waals surface area contributed by atoms with Crippen molar-refractivity contribution in [1.82, 2.24) is 19.5 Å². The zero-order chi connectivity index (χ0) is 16.9. The largest absolute Gasteiger partial charge is 0.366 e. The number of aromatic nitrogens is 3. The van der Waals surface area contributed by atoms with Gasteiger partial charge < -0.3 is 10.6 Å². The maximum atomic E-state index is 6.07. The molecular formula is C16H23ClN6S. The molecule has 2 heterocycles. The fourth-order valence-corrected chi connectivity index (χ4v) is 4.32. The quantitative estimate of drug-likeness (QED) is 0.765. The molecule has 0 atom stereocenters. The van der Waals surface area contributed by atoms with Gasteiger partial charge in [0.1, 0.15) is 0 Å². The number of aromatic amines is 1. The fourth-order valence-electron chi connectivity index (χ4n) is 3.01. The van der Waals surface area contributed by atoms with Gasteiger partial charge in [-0.05, 0) is 30.5 Å². The van der Waals surface area contributed by atoms with Crippen molar-refractivity contribution in [3.05, 3.63) is 34.9 Å². The van der Waals surface area contributed by atoms with Crippen LogP contribution < -0.4 is 10.6 Å². The number of nitrogen functional groups attached to an aromatic ring is 1. The van der Waals surface area contributed by atoms with Crippen molar-refractivity contribution >= 4 is 35.4 Å². The molecule has 24 heavy (non-hydrogen) atoms. The Morgan fingerprint density at radius 2 is 2.21 bits per heavy atom. The van der Waals surface area contributed by atoms with E-state index in [2.05, 4.69) is 37.4 Å². The normalized spacial score (nSPS) is 16.0. The first-order valence-electron chi connectivity index (χ1n) is 8.22. The predicted octanol–water partition coefficient (Wildman–Crippen LogP) is 3.18. The molecule has 0 radical (unpaired) electrons. The average molecular weight is 367 g/mol. The van der Waals surface area contributed by atoms with Crippen LogP contribution >= 0.6 is 23.5 Å². The number of rotatable bonds is 6. The van der Waals surface area contributed by atoms with Crippen LogP contribution in [0.25, 0.3) is 0 Å². The number of nitrogens with one attached hydrogen (secondary N) is 1. The zero-order valence-corrected chi connectivity index (χ0v) is 15.4. The van der Waals surface area contributed by atoms with Crippen LogP contribution in [0, 0.1) is 0 Å². The standard InChI is InChI=1S/C16H23ClN6S/c1-2-23(24-11-12-4-3-5-13(17)10-12)14-6-8-22(9-7-14)16-19-15(18)20-21-16/h3-5,10,14H,2,6-9,11H2,1H3,(H3,18,19,20,21). The highest BCUT2D eigenvalue weighted by atomic mass is 35.5. The van der Waals surface area contributed by atoms with Crippen molar-refractivity contribution in [3.63, 3.8) is 0 Å². The fraction of sp³-hybridized carbons (Fsp3) is 0.500. The number of halogens is 1. The molecule has 0 bridgehead atoms. The van der Waals surface area contributed by atoms with Crippen LogP contribution in [0.3, 0.4) is 0 Å². The monoisotopic (exact) mass is 366 g/mol. The maximum absolute atomic E-state index is 6.07.